The Kier molecular flexibility index (Phi) is 29.4. The molecule has 8 nitrogen and oxygen atoms in total. The molecule has 0 radical (unpaired) electrons. The van der Waals surface area contributed by atoms with E-state index in [1.807, 2.05) is 21.1 Å². The minimum Gasteiger partial charge on any atom is -0.391 e. The van der Waals surface area contributed by atoms with E-state index in [1.165, 1.54) is 64.2 Å². The van der Waals surface area contributed by atoms with Gasteiger partial charge in [0.2, 0.25) is 5.91 Å². The van der Waals surface area contributed by atoms with E-state index in [2.05, 4.69) is 43.5 Å². The Balaban J connectivity index is 4.47. The number of amides is 1. The molecule has 0 saturated carbocycles. The number of aliphatic hydroxyl groups excluding tert-OH is 1. The summed E-state index contributed by atoms with van der Waals surface area (Å²) in [5, 5.41) is 13.8. The van der Waals surface area contributed by atoms with Crippen LogP contribution in [0.25, 0.3) is 0 Å². The fourth-order valence-electron chi connectivity index (χ4n) is 5.13. The second-order valence-electron chi connectivity index (χ2n) is 14.0. The van der Waals surface area contributed by atoms with Gasteiger partial charge in [-0.15, -0.1) is 0 Å². The van der Waals surface area contributed by atoms with Crippen LogP contribution in [0.2, 0.25) is 0 Å². The van der Waals surface area contributed by atoms with Crippen molar-refractivity contribution in [2.75, 3.05) is 40.9 Å². The zero-order valence-electron chi connectivity index (χ0n) is 30.6. The first-order valence-electron chi connectivity index (χ1n) is 18.7. The van der Waals surface area contributed by atoms with Gasteiger partial charge < -0.3 is 19.8 Å². The van der Waals surface area contributed by atoms with Crippen molar-refractivity contribution in [1.29, 1.82) is 0 Å². The van der Waals surface area contributed by atoms with Gasteiger partial charge in [0.15, 0.2) is 0 Å². The molecule has 3 N–H and O–H groups in total. The van der Waals surface area contributed by atoms with Crippen LogP contribution in [0.3, 0.4) is 0 Å². The molecule has 0 aliphatic heterocycles. The Labute approximate surface area is 284 Å². The molecule has 0 aliphatic rings. The molecule has 272 valence electrons. The summed E-state index contributed by atoms with van der Waals surface area (Å²) in [7, 11) is 1.60. The third-order valence-corrected chi connectivity index (χ3v) is 9.19. The summed E-state index contributed by atoms with van der Waals surface area (Å²) in [6.45, 7) is 4.80. The SMILES string of the molecule is CCCCC/C=C\C/C=C\CCCCCCCC(=O)NC(COP(=O)(O)OCC[N+](C)(C)C)C(O)CCCCCCCCCCC. The normalized spacial score (nSPS) is 15.0. The van der Waals surface area contributed by atoms with E-state index in [0.717, 1.165) is 64.2 Å². The van der Waals surface area contributed by atoms with E-state index < -0.39 is 20.0 Å². The first-order valence-corrected chi connectivity index (χ1v) is 20.2. The number of carbonyl (C=O) groups is 1. The van der Waals surface area contributed by atoms with Crippen molar-refractivity contribution in [3.8, 4) is 0 Å². The van der Waals surface area contributed by atoms with Gasteiger partial charge >= 0.3 is 7.82 Å². The molecule has 1 amide bonds. The molecule has 0 heterocycles. The number of nitrogens with one attached hydrogen (secondary N) is 1. The molecule has 0 aliphatic carbocycles. The maximum absolute atomic E-state index is 12.8. The van der Waals surface area contributed by atoms with Crippen LogP contribution in [0.5, 0.6) is 0 Å². The van der Waals surface area contributed by atoms with Crippen LogP contribution in [-0.4, -0.2) is 73.4 Å². The number of hydrogen-bond acceptors (Lipinski definition) is 5. The summed E-state index contributed by atoms with van der Waals surface area (Å²) in [4.78, 5) is 22.9. The topological polar surface area (TPSA) is 105 Å². The Morgan fingerprint density at radius 3 is 1.83 bits per heavy atom. The molecule has 0 aromatic carbocycles. The average molecular weight is 674 g/mol. The van der Waals surface area contributed by atoms with Crippen molar-refractivity contribution in [1.82, 2.24) is 5.32 Å². The van der Waals surface area contributed by atoms with E-state index in [9.17, 15) is 19.4 Å². The molecular formula is C37H74N2O6P+. The van der Waals surface area contributed by atoms with E-state index in [1.54, 1.807) is 0 Å². The number of rotatable bonds is 33. The Morgan fingerprint density at radius 2 is 1.24 bits per heavy atom. The highest BCUT2D eigenvalue weighted by Gasteiger charge is 2.28. The zero-order valence-corrected chi connectivity index (χ0v) is 31.5. The van der Waals surface area contributed by atoms with Crippen LogP contribution in [0.4, 0.5) is 0 Å². The monoisotopic (exact) mass is 674 g/mol. The van der Waals surface area contributed by atoms with Gasteiger partial charge in [-0.2, -0.15) is 0 Å². The smallest absolute Gasteiger partial charge is 0.391 e. The van der Waals surface area contributed by atoms with E-state index in [0.29, 0.717) is 23.9 Å². The number of aliphatic hydroxyl groups is 1. The molecule has 3 unspecified atom stereocenters. The molecule has 0 spiro atoms. The van der Waals surface area contributed by atoms with Crippen LogP contribution in [0.1, 0.15) is 155 Å². The fraction of sp³-hybridized carbons (Fsp3) is 0.865. The second-order valence-corrected chi connectivity index (χ2v) is 15.4. The van der Waals surface area contributed by atoms with Crippen molar-refractivity contribution in [2.45, 2.75) is 167 Å². The van der Waals surface area contributed by atoms with Crippen LogP contribution in [-0.2, 0) is 18.4 Å². The molecule has 0 fully saturated rings. The van der Waals surface area contributed by atoms with E-state index >= 15 is 0 Å². The summed E-state index contributed by atoms with van der Waals surface area (Å²) in [5.74, 6) is -0.163. The van der Waals surface area contributed by atoms with Gasteiger partial charge in [0.05, 0.1) is 39.9 Å². The van der Waals surface area contributed by atoms with Gasteiger partial charge in [0.25, 0.3) is 0 Å². The van der Waals surface area contributed by atoms with Gasteiger partial charge in [0, 0.05) is 6.42 Å². The number of carbonyl (C=O) groups excluding carboxylic acids is 1. The predicted octanol–water partition coefficient (Wildman–Crippen LogP) is 9.41. The van der Waals surface area contributed by atoms with Crippen LogP contribution in [0, 0.1) is 0 Å². The maximum atomic E-state index is 12.8. The Bertz CT molecular complexity index is 814. The van der Waals surface area contributed by atoms with Crippen molar-refractivity contribution in [3.63, 3.8) is 0 Å². The van der Waals surface area contributed by atoms with Crippen LogP contribution in [0.15, 0.2) is 24.3 Å². The summed E-state index contributed by atoms with van der Waals surface area (Å²) in [6, 6.07) is -0.762. The summed E-state index contributed by atoms with van der Waals surface area (Å²) < 4.78 is 23.4. The van der Waals surface area contributed by atoms with Crippen molar-refractivity contribution in [3.05, 3.63) is 24.3 Å². The van der Waals surface area contributed by atoms with Gasteiger partial charge in [-0.3, -0.25) is 13.8 Å². The summed E-state index contributed by atoms with van der Waals surface area (Å²) >= 11 is 0. The summed E-state index contributed by atoms with van der Waals surface area (Å²) in [6.07, 6.45) is 32.0. The first kappa shape index (κ1) is 45.0. The lowest BCUT2D eigenvalue weighted by atomic mass is 10.0. The Hall–Kier alpha value is -1.02. The highest BCUT2D eigenvalue weighted by molar-refractivity contribution is 7.47. The number of phosphoric acid groups is 1. The minimum absolute atomic E-state index is 0.0716. The van der Waals surface area contributed by atoms with E-state index in [-0.39, 0.29) is 19.1 Å². The zero-order chi connectivity index (χ0) is 34.4. The van der Waals surface area contributed by atoms with Gasteiger partial charge in [0.1, 0.15) is 13.2 Å². The van der Waals surface area contributed by atoms with Crippen molar-refractivity contribution in [2.24, 2.45) is 0 Å². The van der Waals surface area contributed by atoms with Crippen molar-refractivity contribution >= 4 is 13.7 Å². The minimum atomic E-state index is -4.30. The standard InChI is InChI=1S/C37H73N2O6P/c1-6-8-10-12-14-16-17-18-19-20-21-23-25-27-29-31-37(41)38-35(34-45-46(42,43)44-33-32-39(3,4)5)36(40)30-28-26-24-22-15-13-11-9-7-2/h14,16,18-19,35-36,40H,6-13,15,17,20-34H2,1-5H3,(H-,38,41,42,43)/p+1/b16-14-,19-18-. The lowest BCUT2D eigenvalue weighted by Crippen LogP contribution is -2.46. The number of allylic oxidation sites excluding steroid dienone is 4. The highest BCUT2D eigenvalue weighted by Crippen LogP contribution is 2.43. The second kappa shape index (κ2) is 30.1. The largest absolute Gasteiger partial charge is 0.472 e. The lowest BCUT2D eigenvalue weighted by Gasteiger charge is -2.26. The molecule has 9 heteroatoms. The van der Waals surface area contributed by atoms with E-state index in [4.69, 9.17) is 9.05 Å². The molecule has 3 atom stereocenters. The van der Waals surface area contributed by atoms with Gasteiger partial charge in [-0.05, 0) is 44.9 Å². The third-order valence-electron chi connectivity index (χ3n) is 8.20. The molecule has 0 bridgehead atoms. The van der Waals surface area contributed by atoms with Crippen LogP contribution < -0.4 is 5.32 Å². The van der Waals surface area contributed by atoms with Gasteiger partial charge in [-0.25, -0.2) is 4.57 Å². The number of phosphoric ester groups is 1. The van der Waals surface area contributed by atoms with Crippen LogP contribution >= 0.6 is 7.82 Å². The van der Waals surface area contributed by atoms with Crippen molar-refractivity contribution < 1.29 is 32.9 Å². The molecule has 0 saturated heterocycles. The number of likely N-dealkylation sites (N-methyl/N-ethyl adjacent to an activating group) is 1. The summed E-state index contributed by atoms with van der Waals surface area (Å²) in [5.41, 5.74) is 0. The lowest BCUT2D eigenvalue weighted by molar-refractivity contribution is -0.870. The molecule has 0 aromatic rings. The Morgan fingerprint density at radius 1 is 0.739 bits per heavy atom. The third kappa shape index (κ3) is 31.6. The van der Waals surface area contributed by atoms with Gasteiger partial charge in [-0.1, -0.05) is 128 Å². The fourth-order valence-corrected chi connectivity index (χ4v) is 5.87. The predicted molar refractivity (Wildman–Crippen MR) is 194 cm³/mol. The molecular weight excluding hydrogens is 599 g/mol. The molecule has 46 heavy (non-hydrogen) atoms. The number of nitrogens with zero attached hydrogens (tertiary/aromatic N) is 1. The highest BCUT2D eigenvalue weighted by atomic mass is 31.2. The number of hydrogen-bond donors (Lipinski definition) is 3. The average Bonchev–Trinajstić information content (AvgIpc) is 2.99. The molecule has 0 aromatic heterocycles. The quantitative estimate of drug-likeness (QED) is 0.0278. The molecule has 0 rings (SSSR count). The first-order chi connectivity index (χ1) is 22.0. The number of quaternary nitrogens is 1. The maximum Gasteiger partial charge on any atom is 0.472 e. The number of unbranched alkanes of at least 4 members (excludes halogenated alkanes) is 16.